The van der Waals surface area contributed by atoms with E-state index in [2.05, 4.69) is 0 Å². The third-order valence-corrected chi connectivity index (χ3v) is 1.32. The average molecular weight is 293 g/mol. The molecule has 13 heavy (non-hydrogen) atoms. The summed E-state index contributed by atoms with van der Waals surface area (Å²) in [6.07, 6.45) is 0. The fourth-order valence-electron chi connectivity index (χ4n) is 0.728. The van der Waals surface area contributed by atoms with Crippen LogP contribution in [0, 0.1) is 0 Å². The molecule has 1 aromatic carbocycles. The van der Waals surface area contributed by atoms with E-state index in [1.54, 1.807) is 0 Å². The van der Waals surface area contributed by atoms with Gasteiger partial charge >= 0.3 is 29.9 Å². The Morgan fingerprint density at radius 3 is 1.77 bits per heavy atom. The zero-order valence-electron chi connectivity index (χ0n) is 5.85. The van der Waals surface area contributed by atoms with E-state index in [0.29, 0.717) is 0 Å². The van der Waals surface area contributed by atoms with E-state index in [-0.39, 0.29) is 29.5 Å². The Kier molecular flexibility index (Phi) is 3.86. The summed E-state index contributed by atoms with van der Waals surface area (Å²) in [5.74, 6) is -3.33. The summed E-state index contributed by atoms with van der Waals surface area (Å²) in [7, 11) is 0. The van der Waals surface area contributed by atoms with E-state index in [4.69, 9.17) is 20.4 Å². The molecular formula is C7H10O5Sn. The molecule has 5 nitrogen and oxygen atoms in total. The Morgan fingerprint density at radius 1 is 1.08 bits per heavy atom. The average Bonchev–Trinajstić information content (AvgIpc) is 1.99. The molecule has 0 saturated heterocycles. The zero-order chi connectivity index (χ0) is 9.30. The molecule has 0 spiro atoms. The number of carboxylic acid groups (broad SMARTS) is 1. The molecule has 1 aromatic rings. The summed E-state index contributed by atoms with van der Waals surface area (Å²) >= 11 is 0. The van der Waals surface area contributed by atoms with Crippen LogP contribution in [0.3, 0.4) is 0 Å². The third-order valence-electron chi connectivity index (χ3n) is 1.32. The number of carboxylic acids is 1. The zero-order valence-corrected chi connectivity index (χ0v) is 5.85. The van der Waals surface area contributed by atoms with Crippen molar-refractivity contribution in [3.63, 3.8) is 0 Å². The van der Waals surface area contributed by atoms with Crippen molar-refractivity contribution in [1.29, 1.82) is 0 Å². The van der Waals surface area contributed by atoms with Crippen LogP contribution in [0.1, 0.15) is 10.4 Å². The third kappa shape index (κ3) is 2.41. The molecule has 0 unspecified atom stereocenters. The molecule has 72 valence electrons. The number of phenols is 3. The summed E-state index contributed by atoms with van der Waals surface area (Å²) in [4.78, 5) is 10.3. The number of hydrogen-bond acceptors (Lipinski definition) is 4. The number of carbonyl (C=O) groups is 1. The number of aromatic hydroxyl groups is 3. The van der Waals surface area contributed by atoms with E-state index in [1.807, 2.05) is 0 Å². The topological polar surface area (TPSA) is 98.0 Å². The van der Waals surface area contributed by atoms with Crippen molar-refractivity contribution in [3.05, 3.63) is 17.7 Å². The van der Waals surface area contributed by atoms with E-state index in [0.717, 1.165) is 12.1 Å². The van der Waals surface area contributed by atoms with Crippen LogP contribution in [-0.4, -0.2) is 50.3 Å². The van der Waals surface area contributed by atoms with Crippen LogP contribution in [-0.2, 0) is 0 Å². The van der Waals surface area contributed by atoms with Gasteiger partial charge in [0.15, 0.2) is 17.2 Å². The SMILES string of the molecule is O=C(O)c1cc(O)c(O)c(O)c1.[SnH4]. The number of rotatable bonds is 1. The van der Waals surface area contributed by atoms with Gasteiger partial charge in [-0.25, -0.2) is 4.79 Å². The van der Waals surface area contributed by atoms with Crippen molar-refractivity contribution in [3.8, 4) is 17.2 Å². The summed E-state index contributed by atoms with van der Waals surface area (Å²) < 4.78 is 0. The Hall–Kier alpha value is -1.11. The minimum absolute atomic E-state index is 0. The van der Waals surface area contributed by atoms with Gasteiger partial charge in [-0.15, -0.1) is 0 Å². The van der Waals surface area contributed by atoms with Crippen molar-refractivity contribution in [1.82, 2.24) is 0 Å². The summed E-state index contributed by atoms with van der Waals surface area (Å²) in [5.41, 5.74) is -0.289. The van der Waals surface area contributed by atoms with Crippen molar-refractivity contribution in [2.45, 2.75) is 0 Å². The maximum atomic E-state index is 10.3. The van der Waals surface area contributed by atoms with Crippen LogP contribution >= 0.6 is 0 Å². The van der Waals surface area contributed by atoms with E-state index in [9.17, 15) is 4.79 Å². The van der Waals surface area contributed by atoms with Gasteiger partial charge in [0.05, 0.1) is 5.56 Å². The van der Waals surface area contributed by atoms with Crippen molar-refractivity contribution < 1.29 is 25.2 Å². The molecule has 0 aliphatic heterocycles. The molecule has 0 radical (unpaired) electrons. The van der Waals surface area contributed by atoms with Gasteiger partial charge < -0.3 is 20.4 Å². The Balaban J connectivity index is 0.00000144. The Bertz CT molecular complexity index is 313. The van der Waals surface area contributed by atoms with Gasteiger partial charge in [0, 0.05) is 0 Å². The van der Waals surface area contributed by atoms with Crippen molar-refractivity contribution in [2.24, 2.45) is 0 Å². The fraction of sp³-hybridized carbons (Fsp3) is 0. The monoisotopic (exact) mass is 294 g/mol. The van der Waals surface area contributed by atoms with Crippen LogP contribution in [0.2, 0.25) is 0 Å². The van der Waals surface area contributed by atoms with Gasteiger partial charge in [-0.1, -0.05) is 0 Å². The first kappa shape index (κ1) is 11.9. The van der Waals surface area contributed by atoms with Gasteiger partial charge in [-0.2, -0.15) is 0 Å². The van der Waals surface area contributed by atoms with Gasteiger partial charge in [0.1, 0.15) is 0 Å². The number of aromatic carboxylic acids is 1. The molecule has 0 aliphatic rings. The van der Waals surface area contributed by atoms with Gasteiger partial charge in [0.2, 0.25) is 0 Å². The van der Waals surface area contributed by atoms with Gasteiger partial charge in [0.25, 0.3) is 0 Å². The number of hydrogen-bond donors (Lipinski definition) is 4. The van der Waals surface area contributed by atoms with Crippen molar-refractivity contribution in [2.75, 3.05) is 0 Å². The van der Waals surface area contributed by atoms with E-state index >= 15 is 0 Å². The van der Waals surface area contributed by atoms with Crippen LogP contribution in [0.25, 0.3) is 0 Å². The molecule has 0 amide bonds. The Labute approximate surface area is 90.2 Å². The first-order chi connectivity index (χ1) is 5.52. The molecule has 1 rings (SSSR count). The second-order valence-electron chi connectivity index (χ2n) is 2.17. The molecule has 0 atom stereocenters. The van der Waals surface area contributed by atoms with Crippen LogP contribution in [0.4, 0.5) is 0 Å². The van der Waals surface area contributed by atoms with E-state index < -0.39 is 23.2 Å². The predicted molar refractivity (Wildman–Crippen MR) is 49.7 cm³/mol. The molecule has 0 bridgehead atoms. The quantitative estimate of drug-likeness (QED) is 0.395. The summed E-state index contributed by atoms with van der Waals surface area (Å²) in [6, 6.07) is 1.69. The molecule has 0 aliphatic carbocycles. The van der Waals surface area contributed by atoms with Crippen LogP contribution < -0.4 is 0 Å². The van der Waals surface area contributed by atoms with Crippen LogP contribution in [0.5, 0.6) is 17.2 Å². The molecule has 0 aromatic heterocycles. The van der Waals surface area contributed by atoms with Crippen molar-refractivity contribution >= 4 is 29.9 Å². The second kappa shape index (κ2) is 4.22. The first-order valence-electron chi connectivity index (χ1n) is 3.00. The first-order valence-corrected chi connectivity index (χ1v) is 3.00. The second-order valence-corrected chi connectivity index (χ2v) is 2.17. The maximum absolute atomic E-state index is 10.3. The molecule has 4 N–H and O–H groups in total. The molecule has 6 heteroatoms. The van der Waals surface area contributed by atoms with Gasteiger partial charge in [-0.05, 0) is 12.1 Å². The summed E-state index contributed by atoms with van der Waals surface area (Å²) in [5, 5.41) is 35.0. The summed E-state index contributed by atoms with van der Waals surface area (Å²) in [6.45, 7) is 0. The normalized spacial score (nSPS) is 8.92. The fourth-order valence-corrected chi connectivity index (χ4v) is 0.728. The van der Waals surface area contributed by atoms with E-state index in [1.165, 1.54) is 0 Å². The standard InChI is InChI=1S/C7H6O5.Sn.4H/c8-4-1-3(7(11)12)2-5(9)6(4)10;;;;;/h1-2,8-10H,(H,11,12);;;;;. The number of benzene rings is 1. The molecule has 0 heterocycles. The minimum atomic E-state index is -1.29. The van der Waals surface area contributed by atoms with Gasteiger partial charge in [-0.3, -0.25) is 0 Å². The molecule has 0 fully saturated rings. The Morgan fingerprint density at radius 2 is 1.46 bits per heavy atom. The molecule has 0 saturated carbocycles. The molecular weight excluding hydrogens is 283 g/mol. The number of phenolic OH excluding ortho intramolecular Hbond substituents is 3. The predicted octanol–water partition coefficient (Wildman–Crippen LogP) is -0.950. The van der Waals surface area contributed by atoms with Crippen LogP contribution in [0.15, 0.2) is 12.1 Å².